The number of aromatic nitrogens is 2. The van der Waals surface area contributed by atoms with E-state index < -0.39 is 0 Å². The molecule has 9 nitrogen and oxygen atoms in total. The Bertz CT molecular complexity index is 992. The zero-order chi connectivity index (χ0) is 21.1. The quantitative estimate of drug-likeness (QED) is 0.410. The Morgan fingerprint density at radius 2 is 1.97 bits per heavy atom. The molecule has 9 heteroatoms. The van der Waals surface area contributed by atoms with Gasteiger partial charge in [0.15, 0.2) is 5.52 Å². The lowest BCUT2D eigenvalue weighted by atomic mass is 10.1. The van der Waals surface area contributed by atoms with Crippen LogP contribution in [0.5, 0.6) is 0 Å². The second-order valence-electron chi connectivity index (χ2n) is 7.96. The molecule has 0 saturated carbocycles. The largest absolute Gasteiger partial charge is 0.469 e. The highest BCUT2D eigenvalue weighted by atomic mass is 16.6. The summed E-state index contributed by atoms with van der Waals surface area (Å²) in [4.78, 5) is 15.8. The van der Waals surface area contributed by atoms with Crippen molar-refractivity contribution < 1.29 is 14.0 Å². The Balaban J connectivity index is 1.70. The number of hydrogen-bond donors (Lipinski definition) is 0. The summed E-state index contributed by atoms with van der Waals surface area (Å²) < 4.78 is 10.4. The molecule has 1 unspecified atom stereocenters. The van der Waals surface area contributed by atoms with Crippen LogP contribution < -0.4 is 9.80 Å². The molecule has 0 aliphatic carbocycles. The predicted octanol–water partition coefficient (Wildman–Crippen LogP) is 4.56. The maximum Gasteiger partial charge on any atom is 0.323 e. The molecule has 1 saturated heterocycles. The van der Waals surface area contributed by atoms with Gasteiger partial charge in [-0.25, -0.2) is 4.63 Å². The van der Waals surface area contributed by atoms with Crippen LogP contribution in [0.15, 0.2) is 33.5 Å². The third kappa shape index (κ3) is 3.96. The molecule has 4 rings (SSSR count). The highest BCUT2D eigenvalue weighted by Gasteiger charge is 2.31. The number of benzene rings is 1. The number of nitrogens with zero attached hydrogens (tertiary/aromatic N) is 5. The molecule has 1 aliphatic rings. The second kappa shape index (κ2) is 8.73. The minimum Gasteiger partial charge on any atom is -0.469 e. The van der Waals surface area contributed by atoms with Crippen molar-refractivity contribution in [2.24, 2.45) is 0 Å². The topological polar surface area (TPSA) is 102 Å². The first kappa shape index (κ1) is 20.2. The fourth-order valence-corrected chi connectivity index (χ4v) is 4.14. The van der Waals surface area contributed by atoms with E-state index in [1.807, 2.05) is 25.2 Å². The molecule has 2 aromatic heterocycles. The molecule has 0 bridgehead atoms. The van der Waals surface area contributed by atoms with E-state index in [4.69, 9.17) is 9.05 Å². The molecular weight excluding hydrogens is 386 g/mol. The van der Waals surface area contributed by atoms with Gasteiger partial charge in [-0.3, -0.25) is 10.1 Å². The van der Waals surface area contributed by atoms with E-state index >= 15 is 0 Å². The maximum atomic E-state index is 12.0. The molecule has 160 valence electrons. The molecule has 0 radical (unpaired) electrons. The van der Waals surface area contributed by atoms with Gasteiger partial charge in [-0.15, -0.1) is 0 Å². The Hall–Kier alpha value is -3.10. The molecule has 0 amide bonds. The van der Waals surface area contributed by atoms with Gasteiger partial charge in [-0.1, -0.05) is 12.8 Å². The van der Waals surface area contributed by atoms with Crippen molar-refractivity contribution in [1.29, 1.82) is 0 Å². The molecule has 3 heterocycles. The van der Waals surface area contributed by atoms with Gasteiger partial charge in [-0.05, 0) is 54.7 Å². The zero-order valence-corrected chi connectivity index (χ0v) is 17.4. The van der Waals surface area contributed by atoms with Crippen molar-refractivity contribution in [3.63, 3.8) is 0 Å². The van der Waals surface area contributed by atoms with Crippen LogP contribution in [0.25, 0.3) is 11.0 Å². The average molecular weight is 413 g/mol. The van der Waals surface area contributed by atoms with E-state index in [-0.39, 0.29) is 22.2 Å². The molecule has 1 atom stereocenters. The van der Waals surface area contributed by atoms with Crippen LogP contribution in [0.3, 0.4) is 0 Å². The fourth-order valence-electron chi connectivity index (χ4n) is 4.14. The zero-order valence-electron chi connectivity index (χ0n) is 17.4. The Morgan fingerprint density at radius 3 is 2.63 bits per heavy atom. The maximum absolute atomic E-state index is 12.0. The summed E-state index contributed by atoms with van der Waals surface area (Å²) in [5.41, 5.74) is 2.01. The van der Waals surface area contributed by atoms with Crippen molar-refractivity contribution in [2.75, 3.05) is 29.9 Å². The van der Waals surface area contributed by atoms with Crippen LogP contribution in [0, 0.1) is 10.1 Å². The number of aryl methyl sites for hydroxylation is 1. The van der Waals surface area contributed by atoms with E-state index in [2.05, 4.69) is 27.0 Å². The van der Waals surface area contributed by atoms with Gasteiger partial charge >= 0.3 is 5.69 Å². The number of hydrogen-bond acceptors (Lipinski definition) is 8. The SMILES string of the molecule is CC(CCc1ccco1)N(C)c1cc(N2CCCCCC2)c([N+](=O)[O-])c2nonc12. The molecular formula is C21H27N5O4. The van der Waals surface area contributed by atoms with Crippen molar-refractivity contribution in [2.45, 2.75) is 51.5 Å². The first-order valence-corrected chi connectivity index (χ1v) is 10.5. The minimum atomic E-state index is -0.364. The number of nitro benzene ring substituents is 1. The van der Waals surface area contributed by atoms with Gasteiger partial charge in [0.1, 0.15) is 11.4 Å². The predicted molar refractivity (Wildman–Crippen MR) is 114 cm³/mol. The highest BCUT2D eigenvalue weighted by Crippen LogP contribution is 2.41. The summed E-state index contributed by atoms with van der Waals surface area (Å²) in [6, 6.07) is 5.90. The monoisotopic (exact) mass is 413 g/mol. The number of fused-ring (bicyclic) bond motifs is 1. The number of rotatable bonds is 7. The van der Waals surface area contributed by atoms with Crippen molar-refractivity contribution in [3.05, 3.63) is 40.3 Å². The van der Waals surface area contributed by atoms with Gasteiger partial charge in [0.05, 0.1) is 16.9 Å². The van der Waals surface area contributed by atoms with Gasteiger partial charge in [-0.2, -0.15) is 0 Å². The van der Waals surface area contributed by atoms with Gasteiger partial charge in [0.2, 0.25) is 5.52 Å². The molecule has 1 aliphatic heterocycles. The normalized spacial score (nSPS) is 15.9. The minimum absolute atomic E-state index is 0.0199. The molecule has 0 N–H and O–H groups in total. The van der Waals surface area contributed by atoms with Crippen molar-refractivity contribution in [3.8, 4) is 0 Å². The van der Waals surface area contributed by atoms with E-state index in [9.17, 15) is 10.1 Å². The highest BCUT2D eigenvalue weighted by molar-refractivity contribution is 6.00. The van der Waals surface area contributed by atoms with E-state index in [0.717, 1.165) is 63.1 Å². The van der Waals surface area contributed by atoms with Gasteiger partial charge in [0, 0.05) is 32.6 Å². The van der Waals surface area contributed by atoms with Gasteiger partial charge in [0.25, 0.3) is 0 Å². The van der Waals surface area contributed by atoms with Crippen LogP contribution in [-0.2, 0) is 6.42 Å². The van der Waals surface area contributed by atoms with Crippen LogP contribution >= 0.6 is 0 Å². The summed E-state index contributed by atoms with van der Waals surface area (Å²) >= 11 is 0. The fraction of sp³-hybridized carbons (Fsp3) is 0.524. The second-order valence-corrected chi connectivity index (χ2v) is 7.96. The number of anilines is 2. The van der Waals surface area contributed by atoms with Crippen LogP contribution in [-0.4, -0.2) is 41.4 Å². The lowest BCUT2D eigenvalue weighted by Gasteiger charge is -2.29. The standard InChI is InChI=1S/C21H27N5O4/c1-15(9-10-16-8-7-13-29-16)24(2)17-14-18(25-11-5-3-4-6-12-25)21(26(27)28)20-19(17)22-30-23-20/h7-8,13-15H,3-6,9-12H2,1-2H3. The Labute approximate surface area is 174 Å². The van der Waals surface area contributed by atoms with Gasteiger partial charge < -0.3 is 14.2 Å². The Kier molecular flexibility index (Phi) is 5.87. The summed E-state index contributed by atoms with van der Waals surface area (Å²) in [6.45, 7) is 3.72. The first-order valence-electron chi connectivity index (χ1n) is 10.5. The smallest absolute Gasteiger partial charge is 0.323 e. The van der Waals surface area contributed by atoms with E-state index in [1.165, 1.54) is 0 Å². The Morgan fingerprint density at radius 1 is 1.23 bits per heavy atom. The van der Waals surface area contributed by atoms with Crippen molar-refractivity contribution >= 4 is 28.1 Å². The summed E-state index contributed by atoms with van der Waals surface area (Å²) in [6.07, 6.45) is 7.70. The molecule has 1 fully saturated rings. The first-order chi connectivity index (χ1) is 14.6. The lowest BCUT2D eigenvalue weighted by Crippen LogP contribution is -2.30. The molecule has 1 aromatic carbocycles. The summed E-state index contributed by atoms with van der Waals surface area (Å²) in [5.74, 6) is 0.942. The number of furan rings is 1. The molecule has 0 spiro atoms. The third-order valence-corrected chi connectivity index (χ3v) is 6.03. The van der Waals surface area contributed by atoms with Crippen LogP contribution in [0.4, 0.5) is 17.1 Å². The summed E-state index contributed by atoms with van der Waals surface area (Å²) in [5, 5.41) is 19.9. The van der Waals surface area contributed by atoms with Crippen LogP contribution in [0.1, 0.15) is 44.8 Å². The van der Waals surface area contributed by atoms with Crippen LogP contribution in [0.2, 0.25) is 0 Å². The summed E-state index contributed by atoms with van der Waals surface area (Å²) in [7, 11) is 1.98. The van der Waals surface area contributed by atoms with Crippen molar-refractivity contribution in [1.82, 2.24) is 10.3 Å². The molecule has 3 aromatic rings. The molecule has 30 heavy (non-hydrogen) atoms. The lowest BCUT2D eigenvalue weighted by molar-refractivity contribution is -0.382. The van der Waals surface area contributed by atoms with E-state index in [0.29, 0.717) is 11.2 Å². The average Bonchev–Trinajstić information content (AvgIpc) is 3.36. The van der Waals surface area contributed by atoms with E-state index in [1.54, 1.807) is 6.26 Å². The number of nitro groups is 1. The third-order valence-electron chi connectivity index (χ3n) is 6.03.